The first-order valence-electron chi connectivity index (χ1n) is 5.47. The molecule has 1 saturated heterocycles. The van der Waals surface area contributed by atoms with Gasteiger partial charge in [0.25, 0.3) is 0 Å². The quantitative estimate of drug-likeness (QED) is 0.792. The van der Waals surface area contributed by atoms with Gasteiger partial charge in [-0.2, -0.15) is 0 Å². The Morgan fingerprint density at radius 1 is 1.47 bits per heavy atom. The molecule has 0 saturated carbocycles. The lowest BCUT2D eigenvalue weighted by Crippen LogP contribution is -2.42. The first kappa shape index (κ1) is 13.5. The Bertz CT molecular complexity index is 344. The van der Waals surface area contributed by atoms with Gasteiger partial charge in [-0.05, 0) is 27.2 Å². The molecule has 6 nitrogen and oxygen atoms in total. The van der Waals surface area contributed by atoms with Gasteiger partial charge in [0.15, 0.2) is 0 Å². The van der Waals surface area contributed by atoms with Crippen LogP contribution in [0.1, 0.15) is 40.0 Å². The van der Waals surface area contributed by atoms with E-state index in [0.29, 0.717) is 6.42 Å². The van der Waals surface area contributed by atoms with Crippen LogP contribution in [0.15, 0.2) is 0 Å². The maximum atomic E-state index is 11.8. The molecule has 0 bridgehead atoms. The lowest BCUT2D eigenvalue weighted by atomic mass is 10.1. The maximum absolute atomic E-state index is 11.8. The summed E-state index contributed by atoms with van der Waals surface area (Å²) in [6, 6.07) is -0.588. The number of carboxylic acids is 1. The van der Waals surface area contributed by atoms with Gasteiger partial charge in [-0.25, -0.2) is 9.69 Å². The average Bonchev–Trinajstić information content (AvgIpc) is 2.42. The summed E-state index contributed by atoms with van der Waals surface area (Å²) in [6.45, 7) is 5.08. The highest BCUT2D eigenvalue weighted by atomic mass is 16.6. The molecule has 1 rings (SSSR count). The molecule has 17 heavy (non-hydrogen) atoms. The summed E-state index contributed by atoms with van der Waals surface area (Å²) < 4.78 is 5.08. The Hall–Kier alpha value is -1.59. The van der Waals surface area contributed by atoms with E-state index in [1.165, 1.54) is 0 Å². The molecular formula is C11H17NO5. The molecule has 2 amide bonds. The molecule has 96 valence electrons. The third-order valence-electron chi connectivity index (χ3n) is 2.33. The zero-order valence-corrected chi connectivity index (χ0v) is 10.2. The fraction of sp³-hybridized carbons (Fsp3) is 0.727. The van der Waals surface area contributed by atoms with Gasteiger partial charge in [0.2, 0.25) is 5.91 Å². The van der Waals surface area contributed by atoms with Crippen molar-refractivity contribution < 1.29 is 24.2 Å². The van der Waals surface area contributed by atoms with Crippen molar-refractivity contribution in [2.75, 3.05) is 0 Å². The minimum atomic E-state index is -1.03. The van der Waals surface area contributed by atoms with Gasteiger partial charge in [-0.3, -0.25) is 9.59 Å². The van der Waals surface area contributed by atoms with Gasteiger partial charge in [-0.1, -0.05) is 0 Å². The predicted molar refractivity (Wildman–Crippen MR) is 58.4 cm³/mol. The van der Waals surface area contributed by atoms with Gasteiger partial charge in [0, 0.05) is 6.42 Å². The number of ether oxygens (including phenoxy) is 1. The van der Waals surface area contributed by atoms with Gasteiger partial charge in [0.1, 0.15) is 5.60 Å². The number of carboxylic acid groups (broad SMARTS) is 1. The fourth-order valence-corrected chi connectivity index (χ4v) is 1.70. The maximum Gasteiger partial charge on any atom is 0.417 e. The number of hydrogen-bond acceptors (Lipinski definition) is 4. The number of amides is 2. The summed E-state index contributed by atoms with van der Waals surface area (Å²) in [5.74, 6) is -1.40. The highest BCUT2D eigenvalue weighted by Gasteiger charge is 2.39. The van der Waals surface area contributed by atoms with Crippen molar-refractivity contribution in [3.05, 3.63) is 0 Å². The molecule has 0 spiro atoms. The summed E-state index contributed by atoms with van der Waals surface area (Å²) in [5, 5.41) is 8.70. The van der Waals surface area contributed by atoms with Crippen LogP contribution in [0.25, 0.3) is 0 Å². The highest BCUT2D eigenvalue weighted by molar-refractivity contribution is 5.94. The van der Waals surface area contributed by atoms with Gasteiger partial charge in [-0.15, -0.1) is 0 Å². The summed E-state index contributed by atoms with van der Waals surface area (Å²) in [5.41, 5.74) is -0.701. The number of aliphatic carboxylic acids is 1. The monoisotopic (exact) mass is 243 g/mol. The molecule has 0 aromatic heterocycles. The molecule has 0 aliphatic carbocycles. The minimum absolute atomic E-state index is 0.192. The molecule has 0 aromatic rings. The fourth-order valence-electron chi connectivity index (χ4n) is 1.70. The van der Waals surface area contributed by atoms with Crippen molar-refractivity contribution in [2.45, 2.75) is 51.7 Å². The first-order chi connectivity index (χ1) is 7.70. The highest BCUT2D eigenvalue weighted by Crippen LogP contribution is 2.24. The van der Waals surface area contributed by atoms with E-state index >= 15 is 0 Å². The van der Waals surface area contributed by atoms with Crippen molar-refractivity contribution in [1.29, 1.82) is 0 Å². The number of carbonyl (C=O) groups excluding carboxylic acids is 2. The number of nitrogens with zero attached hydrogens (tertiary/aromatic N) is 1. The van der Waals surface area contributed by atoms with Crippen LogP contribution < -0.4 is 0 Å². The summed E-state index contributed by atoms with van der Waals surface area (Å²) in [4.78, 5) is 34.8. The Balaban J connectivity index is 2.74. The number of hydrogen-bond donors (Lipinski definition) is 1. The number of carbonyl (C=O) groups is 3. The number of imide groups is 1. The number of likely N-dealkylation sites (tertiary alicyclic amines) is 1. The van der Waals surface area contributed by atoms with Crippen molar-refractivity contribution in [3.63, 3.8) is 0 Å². The topological polar surface area (TPSA) is 83.9 Å². The zero-order valence-electron chi connectivity index (χ0n) is 10.2. The van der Waals surface area contributed by atoms with Crippen molar-refractivity contribution in [3.8, 4) is 0 Å². The largest absolute Gasteiger partial charge is 0.481 e. The molecule has 0 radical (unpaired) electrons. The molecule has 1 atom stereocenters. The van der Waals surface area contributed by atoms with E-state index in [1.807, 2.05) is 0 Å². The van der Waals surface area contributed by atoms with Crippen molar-refractivity contribution >= 4 is 18.0 Å². The summed E-state index contributed by atoms with van der Waals surface area (Å²) in [6.07, 6.45) is -0.418. The van der Waals surface area contributed by atoms with E-state index in [9.17, 15) is 14.4 Å². The summed E-state index contributed by atoms with van der Waals surface area (Å²) >= 11 is 0. The first-order valence-corrected chi connectivity index (χ1v) is 5.47. The molecule has 1 N–H and O–H groups in total. The molecule has 1 fully saturated rings. The Labute approximate surface area is 99.5 Å². The van der Waals surface area contributed by atoms with E-state index < -0.39 is 23.7 Å². The molecule has 1 aliphatic rings. The second kappa shape index (κ2) is 4.73. The van der Waals surface area contributed by atoms with Crippen LogP contribution in [0.2, 0.25) is 0 Å². The van der Waals surface area contributed by atoms with Crippen molar-refractivity contribution in [1.82, 2.24) is 4.90 Å². The molecule has 1 aliphatic heterocycles. The normalized spacial score (nSPS) is 20.5. The van der Waals surface area contributed by atoms with Crippen molar-refractivity contribution in [2.24, 2.45) is 0 Å². The van der Waals surface area contributed by atoms with Crippen LogP contribution >= 0.6 is 0 Å². The molecule has 0 unspecified atom stereocenters. The minimum Gasteiger partial charge on any atom is -0.481 e. The van der Waals surface area contributed by atoms with Gasteiger partial charge >= 0.3 is 12.1 Å². The second-order valence-corrected chi connectivity index (χ2v) is 5.03. The van der Waals surface area contributed by atoms with E-state index in [-0.39, 0.29) is 18.7 Å². The molecule has 0 aromatic carbocycles. The third-order valence-corrected chi connectivity index (χ3v) is 2.33. The smallest absolute Gasteiger partial charge is 0.417 e. The standard InChI is InChI=1S/C11H17NO5/c1-11(2,3)17-10(16)12-7(6-9(14)15)4-5-8(12)13/h7H,4-6H2,1-3H3,(H,14,15)/t7-/m0/s1. The van der Waals surface area contributed by atoms with Gasteiger partial charge < -0.3 is 9.84 Å². The van der Waals surface area contributed by atoms with E-state index in [2.05, 4.69) is 0 Å². The second-order valence-electron chi connectivity index (χ2n) is 5.03. The molecule has 1 heterocycles. The van der Waals surface area contributed by atoms with Gasteiger partial charge in [0.05, 0.1) is 12.5 Å². The molecular weight excluding hydrogens is 226 g/mol. The van der Waals surface area contributed by atoms with E-state index in [1.54, 1.807) is 20.8 Å². The number of rotatable bonds is 2. The molecule has 6 heteroatoms. The zero-order chi connectivity index (χ0) is 13.2. The lowest BCUT2D eigenvalue weighted by Gasteiger charge is -2.26. The van der Waals surface area contributed by atoms with Crippen LogP contribution in [0, 0.1) is 0 Å². The third kappa shape index (κ3) is 3.72. The average molecular weight is 243 g/mol. The van der Waals surface area contributed by atoms with E-state index in [4.69, 9.17) is 9.84 Å². The van der Waals surface area contributed by atoms with Crippen LogP contribution in [-0.2, 0) is 14.3 Å². The van der Waals surface area contributed by atoms with E-state index in [0.717, 1.165) is 4.90 Å². The predicted octanol–water partition coefficient (Wildman–Crippen LogP) is 1.39. The Morgan fingerprint density at radius 3 is 2.53 bits per heavy atom. The van der Waals surface area contributed by atoms with Crippen LogP contribution in [-0.4, -0.2) is 39.6 Å². The Kier molecular flexibility index (Phi) is 3.75. The Morgan fingerprint density at radius 2 is 2.06 bits per heavy atom. The van der Waals surface area contributed by atoms with Crippen LogP contribution in [0.3, 0.4) is 0 Å². The lowest BCUT2D eigenvalue weighted by molar-refractivity contribution is -0.138. The SMILES string of the molecule is CC(C)(C)OC(=O)N1C(=O)CC[C@H]1CC(=O)O. The summed E-state index contributed by atoms with van der Waals surface area (Å²) in [7, 11) is 0. The van der Waals surface area contributed by atoms with Crippen LogP contribution in [0.5, 0.6) is 0 Å². The van der Waals surface area contributed by atoms with Crippen LogP contribution in [0.4, 0.5) is 4.79 Å².